The van der Waals surface area contributed by atoms with Gasteiger partial charge in [0.15, 0.2) is 5.75 Å². The summed E-state index contributed by atoms with van der Waals surface area (Å²) >= 11 is 0. The minimum absolute atomic E-state index is 0.0598. The van der Waals surface area contributed by atoms with Crippen LogP contribution in [0.4, 0.5) is 28.4 Å². The number of aromatic hydroxyl groups is 1. The number of benzene rings is 4. The van der Waals surface area contributed by atoms with Gasteiger partial charge in [0.2, 0.25) is 0 Å². The molecule has 0 bridgehead atoms. The zero-order valence-corrected chi connectivity index (χ0v) is 30.2. The predicted octanol–water partition coefficient (Wildman–Crippen LogP) is 8.09. The van der Waals surface area contributed by atoms with Crippen LogP contribution in [0.2, 0.25) is 0 Å². The van der Waals surface area contributed by atoms with Gasteiger partial charge < -0.3 is 10.8 Å². The molecular formula is C30H41N5O10S3. The fourth-order valence-electron chi connectivity index (χ4n) is 3.21. The summed E-state index contributed by atoms with van der Waals surface area (Å²) in [5.74, 6) is -0.244. The minimum Gasteiger partial charge on any atom is -0.505 e. The number of hydrogen-bond donors (Lipinski definition) is 4. The highest BCUT2D eigenvalue weighted by Gasteiger charge is 2.16. The summed E-state index contributed by atoms with van der Waals surface area (Å²) < 4.78 is 83.9. The number of nitrogens with zero attached hydrogens (tertiary/aromatic N) is 4. The van der Waals surface area contributed by atoms with Crippen molar-refractivity contribution in [2.75, 3.05) is 12.0 Å². The first-order valence-electron chi connectivity index (χ1n) is 14.2. The molecule has 5 N–H and O–H groups in total. The standard InChI is InChI=1S/C23H19N5O4S.3C2H6.CH4O3S.O3S/c1-14-7-12-20(33(30,31)32)19(13-14)28-27-18-11-9-15-8-10-17(22(24)21(15)23(18)29)26-25-16-5-3-2-4-6-16;3*1-2;1-5(2,3)4;1-4(2)3/h2-13,29H,24H2,1H3,(H,30,31,32);3*1-2H3;1H3,(H,2,3,4);. The van der Waals surface area contributed by atoms with Gasteiger partial charge in [-0.2, -0.15) is 21.9 Å². The summed E-state index contributed by atoms with van der Waals surface area (Å²) in [4.78, 5) is -0.389. The van der Waals surface area contributed by atoms with Crippen molar-refractivity contribution in [2.24, 2.45) is 20.5 Å². The molecule has 0 atom stereocenters. The van der Waals surface area contributed by atoms with Crippen LogP contribution in [-0.4, -0.2) is 49.9 Å². The normalized spacial score (nSPS) is 10.5. The Kier molecular flexibility index (Phi) is 21.6. The second kappa shape index (κ2) is 22.8. The number of fused-ring (bicyclic) bond motifs is 1. The van der Waals surface area contributed by atoms with Gasteiger partial charge in [-0.15, -0.1) is 28.0 Å². The van der Waals surface area contributed by atoms with Crippen molar-refractivity contribution in [1.29, 1.82) is 0 Å². The highest BCUT2D eigenvalue weighted by Crippen LogP contribution is 2.42. The van der Waals surface area contributed by atoms with Crippen LogP contribution in [0.5, 0.6) is 5.75 Å². The van der Waals surface area contributed by atoms with E-state index in [1.165, 1.54) is 24.3 Å². The Morgan fingerprint density at radius 2 is 1.10 bits per heavy atom. The third kappa shape index (κ3) is 17.3. The zero-order valence-electron chi connectivity index (χ0n) is 27.7. The molecule has 0 radical (unpaired) electrons. The van der Waals surface area contributed by atoms with Crippen molar-refractivity contribution in [1.82, 2.24) is 0 Å². The molecule has 48 heavy (non-hydrogen) atoms. The van der Waals surface area contributed by atoms with E-state index < -0.39 is 30.8 Å². The lowest BCUT2D eigenvalue weighted by molar-refractivity contribution is 0.482. The van der Waals surface area contributed by atoms with Crippen LogP contribution in [0.1, 0.15) is 47.1 Å². The van der Waals surface area contributed by atoms with Gasteiger partial charge in [0, 0.05) is 0 Å². The van der Waals surface area contributed by atoms with E-state index in [2.05, 4.69) is 20.5 Å². The van der Waals surface area contributed by atoms with E-state index in [9.17, 15) is 26.5 Å². The quantitative estimate of drug-likeness (QED) is 0.0867. The lowest BCUT2D eigenvalue weighted by Gasteiger charge is -2.09. The molecule has 18 heteroatoms. The van der Waals surface area contributed by atoms with Crippen molar-refractivity contribution in [3.63, 3.8) is 0 Å². The first kappa shape index (κ1) is 45.5. The third-order valence-electron chi connectivity index (χ3n) is 4.84. The van der Waals surface area contributed by atoms with Crippen molar-refractivity contribution in [2.45, 2.75) is 53.4 Å². The van der Waals surface area contributed by atoms with Crippen LogP contribution in [0, 0.1) is 6.92 Å². The van der Waals surface area contributed by atoms with E-state index in [4.69, 9.17) is 22.9 Å². The van der Waals surface area contributed by atoms with Gasteiger partial charge >= 0.3 is 10.6 Å². The molecule has 264 valence electrons. The average Bonchev–Trinajstić information content (AvgIpc) is 3.02. The van der Waals surface area contributed by atoms with Crippen LogP contribution in [0.25, 0.3) is 10.8 Å². The van der Waals surface area contributed by atoms with Crippen LogP contribution in [0.3, 0.4) is 0 Å². The smallest absolute Gasteiger partial charge is 0.425 e. The van der Waals surface area contributed by atoms with E-state index >= 15 is 0 Å². The largest absolute Gasteiger partial charge is 0.505 e. The maximum atomic E-state index is 11.6. The SMILES string of the molecule is CC.CC.CC.CS(=O)(=O)O.Cc1ccc(S(=O)(=O)O)c(N=Nc2ccc3ccc(N=Nc4ccccc4)c(N)c3c2O)c1.O=S(=O)=O. The van der Waals surface area contributed by atoms with E-state index in [1.807, 2.05) is 59.7 Å². The summed E-state index contributed by atoms with van der Waals surface area (Å²) in [6.07, 6.45) is 0.715. The second-order valence-corrected chi connectivity index (χ2v) is 11.4. The summed E-state index contributed by atoms with van der Waals surface area (Å²) in [6.45, 7) is 13.7. The Balaban J connectivity index is 0. The molecule has 0 aliphatic heterocycles. The number of azo groups is 2. The summed E-state index contributed by atoms with van der Waals surface area (Å²) in [5, 5.41) is 28.1. The molecular weight excluding hydrogens is 687 g/mol. The van der Waals surface area contributed by atoms with Crippen molar-refractivity contribution >= 4 is 70.1 Å². The van der Waals surface area contributed by atoms with Gasteiger partial charge in [-0.05, 0) is 54.3 Å². The fraction of sp³-hybridized carbons (Fsp3) is 0.267. The Morgan fingerprint density at radius 1 is 0.667 bits per heavy atom. The van der Waals surface area contributed by atoms with Crippen LogP contribution < -0.4 is 5.73 Å². The van der Waals surface area contributed by atoms with Crippen molar-refractivity contribution in [3.8, 4) is 5.75 Å². The van der Waals surface area contributed by atoms with Gasteiger partial charge in [0.05, 0.1) is 23.0 Å². The first-order chi connectivity index (χ1) is 22.5. The van der Waals surface area contributed by atoms with Gasteiger partial charge in [-0.1, -0.05) is 77.9 Å². The number of aryl methyl sites for hydroxylation is 1. The zero-order chi connectivity index (χ0) is 37.7. The molecule has 0 aliphatic rings. The Bertz CT molecular complexity index is 1970. The van der Waals surface area contributed by atoms with E-state index in [0.717, 1.165) is 5.56 Å². The summed E-state index contributed by atoms with van der Waals surface area (Å²) in [6, 6.07) is 20.0. The van der Waals surface area contributed by atoms with E-state index in [-0.39, 0.29) is 27.7 Å². The topological polar surface area (TPSA) is 256 Å². The monoisotopic (exact) mass is 727 g/mol. The summed E-state index contributed by atoms with van der Waals surface area (Å²) in [7, 11) is -11.3. The first-order valence-corrected chi connectivity index (χ1v) is 18.5. The highest BCUT2D eigenvalue weighted by atomic mass is 32.2. The molecule has 4 rings (SSSR count). The van der Waals surface area contributed by atoms with Gasteiger partial charge in [0.25, 0.3) is 20.2 Å². The summed E-state index contributed by atoms with van der Waals surface area (Å²) in [5.41, 5.74) is 8.20. The second-order valence-electron chi connectivity index (χ2n) is 8.15. The van der Waals surface area contributed by atoms with Crippen molar-refractivity contribution < 1.29 is 43.7 Å². The van der Waals surface area contributed by atoms with E-state index in [0.29, 0.717) is 28.4 Å². The molecule has 0 aliphatic carbocycles. The van der Waals surface area contributed by atoms with Crippen LogP contribution in [0.15, 0.2) is 98.1 Å². The lowest BCUT2D eigenvalue weighted by Crippen LogP contribution is -1.98. The molecule has 0 spiro atoms. The van der Waals surface area contributed by atoms with Crippen molar-refractivity contribution in [3.05, 3.63) is 78.4 Å². The van der Waals surface area contributed by atoms with Gasteiger partial charge in [0.1, 0.15) is 22.0 Å². The number of hydrogen-bond acceptors (Lipinski definition) is 13. The third-order valence-corrected chi connectivity index (χ3v) is 5.74. The number of rotatable bonds is 5. The number of anilines is 1. The molecule has 4 aromatic carbocycles. The highest BCUT2D eigenvalue weighted by molar-refractivity contribution is 7.86. The molecule has 4 aromatic rings. The van der Waals surface area contributed by atoms with Crippen LogP contribution in [-0.2, 0) is 30.8 Å². The Hall–Kier alpha value is -4.62. The van der Waals surface area contributed by atoms with Gasteiger partial charge in [-0.25, -0.2) is 0 Å². The number of nitrogen functional groups attached to an aromatic ring is 1. The molecule has 15 nitrogen and oxygen atoms in total. The molecule has 0 saturated carbocycles. The van der Waals surface area contributed by atoms with Gasteiger partial charge in [-0.3, -0.25) is 9.11 Å². The molecule has 0 saturated heterocycles. The molecule has 0 aromatic heterocycles. The van der Waals surface area contributed by atoms with E-state index in [1.54, 1.807) is 37.3 Å². The number of nitrogens with two attached hydrogens (primary N) is 1. The molecule has 0 amide bonds. The average molecular weight is 728 g/mol. The Morgan fingerprint density at radius 3 is 1.58 bits per heavy atom. The molecule has 0 unspecified atom stereocenters. The minimum atomic E-state index is -4.50. The Labute approximate surface area is 282 Å². The van der Waals surface area contributed by atoms with Crippen LogP contribution >= 0.6 is 0 Å². The maximum absolute atomic E-state index is 11.6. The number of phenolic OH excluding ortho intramolecular Hbond substituents is 1. The molecule has 0 heterocycles. The maximum Gasteiger partial charge on any atom is 0.425 e. The molecule has 0 fully saturated rings. The predicted molar refractivity (Wildman–Crippen MR) is 187 cm³/mol. The fourth-order valence-corrected chi connectivity index (χ4v) is 3.81. The number of phenols is 1. The lowest BCUT2D eigenvalue weighted by atomic mass is 10.1.